The fourth-order valence-corrected chi connectivity index (χ4v) is 3.98. The van der Waals surface area contributed by atoms with E-state index in [1.165, 1.54) is 26.4 Å². The average Bonchev–Trinajstić information content (AvgIpc) is 3.24. The predicted molar refractivity (Wildman–Crippen MR) is 128 cm³/mol. The van der Waals surface area contributed by atoms with E-state index in [1.54, 1.807) is 30.3 Å². The number of nitrogens with one attached hydrogen (secondary N) is 2. The zero-order chi connectivity index (χ0) is 24.1. The molecule has 6 nitrogen and oxygen atoms in total. The van der Waals surface area contributed by atoms with Crippen molar-refractivity contribution >= 4 is 22.8 Å². The first-order valence-corrected chi connectivity index (χ1v) is 10.9. The summed E-state index contributed by atoms with van der Waals surface area (Å²) in [5.74, 6) is -0.507. The van der Waals surface area contributed by atoms with Gasteiger partial charge in [0.25, 0.3) is 0 Å². The summed E-state index contributed by atoms with van der Waals surface area (Å²) in [4.78, 5) is 28.0. The van der Waals surface area contributed by atoms with Crippen LogP contribution in [0.25, 0.3) is 22.2 Å². The van der Waals surface area contributed by atoms with E-state index in [9.17, 15) is 14.0 Å². The third-order valence-corrected chi connectivity index (χ3v) is 5.71. The fraction of sp³-hybridized carbons (Fsp3) is 0.185. The van der Waals surface area contributed by atoms with Crippen LogP contribution in [-0.4, -0.2) is 31.1 Å². The summed E-state index contributed by atoms with van der Waals surface area (Å²) >= 11 is 0. The zero-order valence-corrected chi connectivity index (χ0v) is 19.0. The second-order valence-corrected chi connectivity index (χ2v) is 7.83. The highest BCUT2D eigenvalue weighted by Crippen LogP contribution is 2.31. The highest BCUT2D eigenvalue weighted by Gasteiger charge is 2.16. The Kier molecular flexibility index (Phi) is 6.92. The van der Waals surface area contributed by atoms with Crippen molar-refractivity contribution in [2.75, 3.05) is 14.2 Å². The number of H-pyrrole nitrogens is 1. The highest BCUT2D eigenvalue weighted by molar-refractivity contribution is 5.93. The number of amides is 1. The molecule has 0 radical (unpaired) electrons. The van der Waals surface area contributed by atoms with Crippen molar-refractivity contribution in [1.29, 1.82) is 0 Å². The van der Waals surface area contributed by atoms with Gasteiger partial charge in [0, 0.05) is 29.6 Å². The van der Waals surface area contributed by atoms with E-state index in [0.717, 1.165) is 33.3 Å². The number of rotatable bonds is 8. The van der Waals surface area contributed by atoms with E-state index in [-0.39, 0.29) is 24.7 Å². The molecule has 4 rings (SSSR count). The monoisotopic (exact) mass is 460 g/mol. The summed E-state index contributed by atoms with van der Waals surface area (Å²) in [6.45, 7) is 0.269. The number of ether oxygens (including phenoxy) is 2. The molecule has 0 atom stereocenters. The van der Waals surface area contributed by atoms with Crippen molar-refractivity contribution in [3.8, 4) is 17.0 Å². The topological polar surface area (TPSA) is 80.4 Å². The number of esters is 1. The minimum absolute atomic E-state index is 0.120. The van der Waals surface area contributed by atoms with Crippen molar-refractivity contribution in [3.63, 3.8) is 0 Å². The molecular formula is C27H25FN2O4. The fourth-order valence-electron chi connectivity index (χ4n) is 3.98. The molecule has 0 fully saturated rings. The first-order valence-electron chi connectivity index (χ1n) is 10.9. The van der Waals surface area contributed by atoms with Gasteiger partial charge in [0.05, 0.1) is 14.2 Å². The molecular weight excluding hydrogens is 435 g/mol. The molecule has 0 unspecified atom stereocenters. The lowest BCUT2D eigenvalue weighted by atomic mass is 10.0. The number of fused-ring (bicyclic) bond motifs is 1. The van der Waals surface area contributed by atoms with Crippen molar-refractivity contribution in [2.45, 2.75) is 19.4 Å². The van der Waals surface area contributed by atoms with Gasteiger partial charge in [-0.15, -0.1) is 0 Å². The maximum Gasteiger partial charge on any atom is 0.341 e. The Labute approximate surface area is 196 Å². The molecule has 0 bridgehead atoms. The van der Waals surface area contributed by atoms with Gasteiger partial charge in [-0.2, -0.15) is 0 Å². The molecule has 0 saturated heterocycles. The third kappa shape index (κ3) is 4.93. The molecule has 2 N–H and O–H groups in total. The SMILES string of the molecule is COC(=O)c1cc(CNC(=O)CCc2c(-c3ccc(F)cc3)[nH]c3ccccc23)ccc1OC. The van der Waals surface area contributed by atoms with Crippen LogP contribution in [0.1, 0.15) is 27.9 Å². The molecule has 34 heavy (non-hydrogen) atoms. The van der Waals surface area contributed by atoms with Gasteiger partial charge in [-0.1, -0.05) is 24.3 Å². The van der Waals surface area contributed by atoms with Crippen LogP contribution in [0.15, 0.2) is 66.7 Å². The van der Waals surface area contributed by atoms with Crippen LogP contribution in [0, 0.1) is 5.82 Å². The number of hydrogen-bond donors (Lipinski definition) is 2. The van der Waals surface area contributed by atoms with Gasteiger partial charge in [0.15, 0.2) is 0 Å². The predicted octanol–water partition coefficient (Wildman–Crippen LogP) is 5.02. The third-order valence-electron chi connectivity index (χ3n) is 5.71. The van der Waals surface area contributed by atoms with Crippen LogP contribution < -0.4 is 10.1 Å². The lowest BCUT2D eigenvalue weighted by Crippen LogP contribution is -2.23. The zero-order valence-electron chi connectivity index (χ0n) is 19.0. The van der Waals surface area contributed by atoms with E-state index in [4.69, 9.17) is 9.47 Å². The number of halogens is 1. The highest BCUT2D eigenvalue weighted by atomic mass is 19.1. The largest absolute Gasteiger partial charge is 0.496 e. The molecule has 174 valence electrons. The lowest BCUT2D eigenvalue weighted by Gasteiger charge is -2.10. The van der Waals surface area contributed by atoms with Gasteiger partial charge < -0.3 is 19.8 Å². The molecule has 3 aromatic carbocycles. The minimum Gasteiger partial charge on any atom is -0.496 e. The van der Waals surface area contributed by atoms with E-state index in [0.29, 0.717) is 17.7 Å². The lowest BCUT2D eigenvalue weighted by molar-refractivity contribution is -0.121. The molecule has 7 heteroatoms. The summed E-state index contributed by atoms with van der Waals surface area (Å²) in [6.07, 6.45) is 0.786. The summed E-state index contributed by atoms with van der Waals surface area (Å²) in [7, 11) is 2.79. The molecule has 1 heterocycles. The van der Waals surface area contributed by atoms with Gasteiger partial charge in [-0.25, -0.2) is 9.18 Å². The minimum atomic E-state index is -0.502. The Morgan fingerprint density at radius 2 is 1.76 bits per heavy atom. The average molecular weight is 461 g/mol. The Morgan fingerprint density at radius 3 is 2.50 bits per heavy atom. The normalized spacial score (nSPS) is 10.8. The maximum atomic E-state index is 13.4. The number of carbonyl (C=O) groups excluding carboxylic acids is 2. The molecule has 0 aliphatic carbocycles. The van der Waals surface area contributed by atoms with Crippen LogP contribution >= 0.6 is 0 Å². The molecule has 1 aromatic heterocycles. The number of hydrogen-bond acceptors (Lipinski definition) is 4. The van der Waals surface area contributed by atoms with Crippen LogP contribution in [0.4, 0.5) is 4.39 Å². The Morgan fingerprint density at radius 1 is 1.00 bits per heavy atom. The number of carbonyl (C=O) groups is 2. The maximum absolute atomic E-state index is 13.4. The molecule has 0 aliphatic heterocycles. The quantitative estimate of drug-likeness (QED) is 0.362. The molecule has 0 spiro atoms. The number of methoxy groups -OCH3 is 2. The first-order chi connectivity index (χ1) is 16.5. The number of aryl methyl sites for hydroxylation is 1. The van der Waals surface area contributed by atoms with E-state index in [2.05, 4.69) is 10.3 Å². The number of aromatic nitrogens is 1. The molecule has 1 amide bonds. The van der Waals surface area contributed by atoms with Gasteiger partial charge in [-0.05, 0) is 65.6 Å². The Balaban J connectivity index is 1.47. The van der Waals surface area contributed by atoms with Crippen molar-refractivity contribution in [3.05, 3.63) is 89.2 Å². The summed E-state index contributed by atoms with van der Waals surface area (Å²) in [5.41, 5.74) is 4.78. The summed E-state index contributed by atoms with van der Waals surface area (Å²) in [5, 5.41) is 3.94. The van der Waals surface area contributed by atoms with Crippen molar-refractivity contribution < 1.29 is 23.5 Å². The number of para-hydroxylation sites is 1. The summed E-state index contributed by atoms with van der Waals surface area (Å²) < 4.78 is 23.4. The second kappa shape index (κ2) is 10.2. The van der Waals surface area contributed by atoms with Crippen LogP contribution in [-0.2, 0) is 22.5 Å². The van der Waals surface area contributed by atoms with E-state index in [1.807, 2.05) is 24.3 Å². The van der Waals surface area contributed by atoms with Crippen LogP contribution in [0.3, 0.4) is 0 Å². The number of benzene rings is 3. The second-order valence-electron chi connectivity index (χ2n) is 7.83. The number of aromatic amines is 1. The van der Waals surface area contributed by atoms with Crippen molar-refractivity contribution in [1.82, 2.24) is 10.3 Å². The van der Waals surface area contributed by atoms with E-state index >= 15 is 0 Å². The summed E-state index contributed by atoms with van der Waals surface area (Å²) in [6, 6.07) is 19.3. The van der Waals surface area contributed by atoms with Crippen LogP contribution in [0.5, 0.6) is 5.75 Å². The molecule has 0 saturated carbocycles. The standard InChI is InChI=1S/C27H25FN2O4/c1-33-24-13-7-17(15-22(24)27(32)34-2)16-29-25(31)14-12-21-20-5-3-4-6-23(20)30-26(21)18-8-10-19(28)11-9-18/h3-11,13,15,30H,12,14,16H2,1-2H3,(H,29,31). The van der Waals surface area contributed by atoms with Gasteiger partial charge in [0.2, 0.25) is 5.91 Å². The van der Waals surface area contributed by atoms with Gasteiger partial charge in [0.1, 0.15) is 17.1 Å². The van der Waals surface area contributed by atoms with E-state index < -0.39 is 5.97 Å². The van der Waals surface area contributed by atoms with Gasteiger partial charge in [-0.3, -0.25) is 4.79 Å². The Hall–Kier alpha value is -4.13. The van der Waals surface area contributed by atoms with Crippen molar-refractivity contribution in [2.24, 2.45) is 0 Å². The Bertz CT molecular complexity index is 1330. The van der Waals surface area contributed by atoms with Gasteiger partial charge >= 0.3 is 5.97 Å². The molecule has 4 aromatic rings. The molecule has 0 aliphatic rings. The smallest absolute Gasteiger partial charge is 0.341 e. The van der Waals surface area contributed by atoms with Crippen LogP contribution in [0.2, 0.25) is 0 Å². The first kappa shape index (κ1) is 23.0.